The van der Waals surface area contributed by atoms with Crippen LogP contribution in [-0.4, -0.2) is 36.4 Å². The summed E-state index contributed by atoms with van der Waals surface area (Å²) in [5.41, 5.74) is 4.65. The Morgan fingerprint density at radius 3 is 2.39 bits per heavy atom. The van der Waals surface area contributed by atoms with Gasteiger partial charge < -0.3 is 25.2 Å². The predicted octanol–water partition coefficient (Wildman–Crippen LogP) is 5.20. The molecule has 1 atom stereocenters. The lowest BCUT2D eigenvalue weighted by Gasteiger charge is -2.18. The lowest BCUT2D eigenvalue weighted by molar-refractivity contribution is -0.118. The van der Waals surface area contributed by atoms with Crippen LogP contribution in [0.15, 0.2) is 60.7 Å². The van der Waals surface area contributed by atoms with E-state index in [9.17, 15) is 14.7 Å². The third-order valence-electron chi connectivity index (χ3n) is 7.37. The number of aryl methyl sites for hydroxylation is 1. The molecule has 3 N–H and O–H groups in total. The van der Waals surface area contributed by atoms with Crippen LogP contribution in [0.5, 0.6) is 11.5 Å². The van der Waals surface area contributed by atoms with Crippen molar-refractivity contribution in [3.8, 4) is 22.6 Å². The number of rotatable bonds is 9. The molecule has 0 unspecified atom stereocenters. The zero-order valence-corrected chi connectivity index (χ0v) is 22.0. The molecule has 1 aliphatic carbocycles. The van der Waals surface area contributed by atoms with Crippen LogP contribution < -0.4 is 20.1 Å². The van der Waals surface area contributed by atoms with Gasteiger partial charge in [0.25, 0.3) is 5.91 Å². The first-order valence-corrected chi connectivity index (χ1v) is 13.1. The van der Waals surface area contributed by atoms with E-state index in [4.69, 9.17) is 9.47 Å². The third-order valence-corrected chi connectivity index (χ3v) is 7.37. The zero-order valence-electron chi connectivity index (χ0n) is 22.0. The van der Waals surface area contributed by atoms with Gasteiger partial charge >= 0.3 is 0 Å². The third kappa shape index (κ3) is 5.24. The number of carbonyl (C=O) groups is 2. The van der Waals surface area contributed by atoms with E-state index in [0.29, 0.717) is 29.4 Å². The normalized spacial score (nSPS) is 15.7. The van der Waals surface area contributed by atoms with Gasteiger partial charge in [-0.2, -0.15) is 0 Å². The Kier molecular flexibility index (Phi) is 7.13. The van der Waals surface area contributed by atoms with Crippen molar-refractivity contribution in [2.45, 2.75) is 51.5 Å². The number of aliphatic hydroxyl groups is 1. The summed E-state index contributed by atoms with van der Waals surface area (Å²) in [5.74, 6) is 1.53. The van der Waals surface area contributed by atoms with Crippen molar-refractivity contribution >= 4 is 17.5 Å². The van der Waals surface area contributed by atoms with Gasteiger partial charge in [-0.05, 0) is 90.8 Å². The van der Waals surface area contributed by atoms with Crippen molar-refractivity contribution in [3.63, 3.8) is 0 Å². The van der Waals surface area contributed by atoms with Gasteiger partial charge in [-0.1, -0.05) is 38.1 Å². The highest BCUT2D eigenvalue weighted by atomic mass is 16.7. The number of nitrogens with one attached hydrogen (secondary N) is 2. The highest BCUT2D eigenvalue weighted by Gasteiger charge is 2.51. The molecule has 5 rings (SSSR count). The summed E-state index contributed by atoms with van der Waals surface area (Å²) < 4.78 is 10.9. The first-order chi connectivity index (χ1) is 18.3. The molecule has 1 aliphatic heterocycles. The molecule has 0 saturated heterocycles. The number of ether oxygens (including phenoxy) is 2. The minimum atomic E-state index is -0.553. The molecule has 7 nitrogen and oxygen atoms in total. The number of hydrogen-bond donors (Lipinski definition) is 3. The monoisotopic (exact) mass is 514 g/mol. The van der Waals surface area contributed by atoms with Crippen molar-refractivity contribution < 1.29 is 24.2 Å². The second-order valence-corrected chi connectivity index (χ2v) is 10.7. The summed E-state index contributed by atoms with van der Waals surface area (Å²) in [4.78, 5) is 26.1. The fourth-order valence-electron chi connectivity index (χ4n) is 5.05. The Morgan fingerprint density at radius 2 is 1.71 bits per heavy atom. The highest BCUT2D eigenvalue weighted by Crippen LogP contribution is 2.51. The average molecular weight is 515 g/mol. The summed E-state index contributed by atoms with van der Waals surface area (Å²) in [5, 5.41) is 15.6. The number of hydrogen-bond acceptors (Lipinski definition) is 5. The van der Waals surface area contributed by atoms with Crippen LogP contribution in [0.2, 0.25) is 0 Å². The van der Waals surface area contributed by atoms with Gasteiger partial charge in [0.15, 0.2) is 11.5 Å². The van der Waals surface area contributed by atoms with E-state index < -0.39 is 5.41 Å². The molecule has 0 radical (unpaired) electrons. The predicted molar refractivity (Wildman–Crippen MR) is 147 cm³/mol. The van der Waals surface area contributed by atoms with Gasteiger partial charge in [-0.15, -0.1) is 0 Å². The lowest BCUT2D eigenvalue weighted by atomic mass is 9.94. The summed E-state index contributed by atoms with van der Waals surface area (Å²) in [6.45, 7) is 6.26. The Hall–Kier alpha value is -3.84. The molecule has 1 heterocycles. The molecule has 198 valence electrons. The topological polar surface area (TPSA) is 96.9 Å². The standard InChI is InChI=1S/C31H34N2O5/c1-19(2)14-25(17-34)32-29(35)22-7-5-21(6-8-22)26-16-24(10-4-20(26)3)33-30(36)31(12-13-31)23-9-11-27-28(15-23)38-18-37-27/h4-11,15-16,19,25,34H,12-14,17-18H2,1-3H3,(H,32,35)(H,33,36)/t25-/m1/s1. The van der Waals surface area contributed by atoms with E-state index in [-0.39, 0.29) is 31.3 Å². The summed E-state index contributed by atoms with van der Waals surface area (Å²) in [7, 11) is 0. The molecular formula is C31H34N2O5. The van der Waals surface area contributed by atoms with Crippen LogP contribution in [0.4, 0.5) is 5.69 Å². The quantitative estimate of drug-likeness (QED) is 0.365. The van der Waals surface area contributed by atoms with E-state index in [0.717, 1.165) is 40.8 Å². The smallest absolute Gasteiger partial charge is 0.251 e. The fourth-order valence-corrected chi connectivity index (χ4v) is 5.05. The summed E-state index contributed by atoms with van der Waals surface area (Å²) in [6, 6.07) is 18.7. The first kappa shape index (κ1) is 25.8. The lowest BCUT2D eigenvalue weighted by Crippen LogP contribution is -2.38. The SMILES string of the molecule is Cc1ccc(NC(=O)C2(c3ccc4c(c3)OCO4)CC2)cc1-c1ccc(C(=O)N[C@@H](CO)CC(C)C)cc1. The molecule has 7 heteroatoms. The number of carbonyl (C=O) groups excluding carboxylic acids is 2. The molecule has 0 spiro atoms. The second-order valence-electron chi connectivity index (χ2n) is 10.7. The highest BCUT2D eigenvalue weighted by molar-refractivity contribution is 6.02. The molecule has 2 aliphatic rings. The van der Waals surface area contributed by atoms with Crippen molar-refractivity contribution in [1.29, 1.82) is 0 Å². The van der Waals surface area contributed by atoms with Crippen LogP contribution in [0.1, 0.15) is 54.6 Å². The molecule has 1 saturated carbocycles. The number of amides is 2. The number of aliphatic hydroxyl groups excluding tert-OH is 1. The van der Waals surface area contributed by atoms with Crippen molar-refractivity contribution in [3.05, 3.63) is 77.4 Å². The fraction of sp³-hybridized carbons (Fsp3) is 0.355. The molecule has 0 bridgehead atoms. The number of fused-ring (bicyclic) bond motifs is 1. The Labute approximate surface area is 223 Å². The molecule has 38 heavy (non-hydrogen) atoms. The molecular weight excluding hydrogens is 480 g/mol. The Morgan fingerprint density at radius 1 is 0.974 bits per heavy atom. The van der Waals surface area contributed by atoms with Gasteiger partial charge in [0.2, 0.25) is 12.7 Å². The van der Waals surface area contributed by atoms with Gasteiger partial charge in [0, 0.05) is 11.3 Å². The molecule has 1 fully saturated rings. The minimum Gasteiger partial charge on any atom is -0.454 e. The van der Waals surface area contributed by atoms with E-state index in [1.807, 2.05) is 55.5 Å². The molecule has 3 aromatic carbocycles. The van der Waals surface area contributed by atoms with Crippen LogP contribution in [0, 0.1) is 12.8 Å². The number of benzene rings is 3. The van der Waals surface area contributed by atoms with Gasteiger partial charge in [0.05, 0.1) is 18.1 Å². The Balaban J connectivity index is 1.30. The van der Waals surface area contributed by atoms with Gasteiger partial charge in [0.1, 0.15) is 0 Å². The Bertz CT molecular complexity index is 1340. The van der Waals surface area contributed by atoms with Gasteiger partial charge in [-0.3, -0.25) is 9.59 Å². The van der Waals surface area contributed by atoms with E-state index in [1.165, 1.54) is 0 Å². The minimum absolute atomic E-state index is 0.0296. The molecule has 3 aromatic rings. The first-order valence-electron chi connectivity index (χ1n) is 13.1. The maximum Gasteiger partial charge on any atom is 0.251 e. The zero-order chi connectivity index (χ0) is 26.9. The number of anilines is 1. The van der Waals surface area contributed by atoms with E-state index in [1.54, 1.807) is 12.1 Å². The summed E-state index contributed by atoms with van der Waals surface area (Å²) in [6.07, 6.45) is 2.29. The summed E-state index contributed by atoms with van der Waals surface area (Å²) >= 11 is 0. The maximum atomic E-state index is 13.4. The maximum absolute atomic E-state index is 13.4. The largest absolute Gasteiger partial charge is 0.454 e. The van der Waals surface area contributed by atoms with Crippen LogP contribution >= 0.6 is 0 Å². The van der Waals surface area contributed by atoms with E-state index >= 15 is 0 Å². The van der Waals surface area contributed by atoms with E-state index in [2.05, 4.69) is 24.5 Å². The average Bonchev–Trinajstić information content (AvgIpc) is 3.59. The van der Waals surface area contributed by atoms with Crippen molar-refractivity contribution in [2.24, 2.45) is 5.92 Å². The molecule has 2 amide bonds. The second kappa shape index (κ2) is 10.5. The van der Waals surface area contributed by atoms with Crippen LogP contribution in [0.25, 0.3) is 11.1 Å². The van der Waals surface area contributed by atoms with Crippen molar-refractivity contribution in [1.82, 2.24) is 5.32 Å². The van der Waals surface area contributed by atoms with Crippen LogP contribution in [-0.2, 0) is 10.2 Å². The van der Waals surface area contributed by atoms with Crippen LogP contribution in [0.3, 0.4) is 0 Å². The molecule has 0 aromatic heterocycles. The van der Waals surface area contributed by atoms with Gasteiger partial charge in [-0.25, -0.2) is 0 Å². The van der Waals surface area contributed by atoms with Crippen molar-refractivity contribution in [2.75, 3.05) is 18.7 Å².